The van der Waals surface area contributed by atoms with Gasteiger partial charge in [0.1, 0.15) is 11.6 Å². The second-order valence-electron chi connectivity index (χ2n) is 8.78. The number of ether oxygens (including phenoxy) is 2. The molecule has 5 rings (SSSR count). The third-order valence-corrected chi connectivity index (χ3v) is 6.69. The molecule has 2 aromatic heterocycles. The number of methoxy groups -OCH3 is 2. The number of halogens is 1. The fourth-order valence-corrected chi connectivity index (χ4v) is 4.88. The number of nitrogens with zero attached hydrogens (tertiary/aromatic N) is 3. The summed E-state index contributed by atoms with van der Waals surface area (Å²) in [5.74, 6) is 2.29. The van der Waals surface area contributed by atoms with Crippen LogP contribution in [0.4, 0.5) is 5.82 Å². The number of pyridine rings is 1. The van der Waals surface area contributed by atoms with E-state index in [9.17, 15) is 4.79 Å². The van der Waals surface area contributed by atoms with Crippen molar-refractivity contribution in [1.82, 2.24) is 9.88 Å². The van der Waals surface area contributed by atoms with Crippen molar-refractivity contribution in [3.05, 3.63) is 82.8 Å². The van der Waals surface area contributed by atoms with Crippen LogP contribution in [0.2, 0.25) is 5.02 Å². The molecule has 1 amide bonds. The van der Waals surface area contributed by atoms with E-state index in [1.54, 1.807) is 36.5 Å². The number of rotatable bonds is 8. The van der Waals surface area contributed by atoms with Crippen molar-refractivity contribution in [2.24, 2.45) is 0 Å². The first-order chi connectivity index (χ1) is 17.6. The highest BCUT2D eigenvalue weighted by molar-refractivity contribution is 6.31. The molecule has 0 radical (unpaired) electrons. The highest BCUT2D eigenvalue weighted by Crippen LogP contribution is 2.34. The summed E-state index contributed by atoms with van der Waals surface area (Å²) in [5.41, 5.74) is 2.23. The Labute approximate surface area is 215 Å². The number of hydrogen-bond donors (Lipinski definition) is 0. The largest absolute Gasteiger partial charge is 0.493 e. The molecule has 0 saturated carbocycles. The standard InChI is InChI=1S/C28H28ClN3O4/c1-34-25-9-5-8-23(26(25)35-2)28(33)32(18-22-7-6-14-36-22)17-20-15-19-10-11-21(29)16-24(19)30-27(20)31-12-3-4-13-31/h5-11,14-16H,3-4,12-13,17-18H2,1-2H3. The molecule has 0 aliphatic carbocycles. The molecule has 2 aromatic carbocycles. The minimum atomic E-state index is -0.189. The second-order valence-corrected chi connectivity index (χ2v) is 9.22. The molecule has 4 aromatic rings. The van der Waals surface area contributed by atoms with Crippen LogP contribution in [0, 0.1) is 0 Å². The average Bonchev–Trinajstić information content (AvgIpc) is 3.62. The fourth-order valence-electron chi connectivity index (χ4n) is 4.71. The van der Waals surface area contributed by atoms with E-state index in [1.807, 2.05) is 30.3 Å². The van der Waals surface area contributed by atoms with E-state index in [1.165, 1.54) is 7.11 Å². The number of furan rings is 1. The molecule has 1 saturated heterocycles. The zero-order valence-electron chi connectivity index (χ0n) is 20.4. The maximum absolute atomic E-state index is 14.0. The first-order valence-electron chi connectivity index (χ1n) is 11.9. The van der Waals surface area contributed by atoms with Gasteiger partial charge in [-0.15, -0.1) is 0 Å². The summed E-state index contributed by atoms with van der Waals surface area (Å²) in [4.78, 5) is 23.0. The molecule has 1 aliphatic heterocycles. The Morgan fingerprint density at radius 2 is 1.89 bits per heavy atom. The van der Waals surface area contributed by atoms with Gasteiger partial charge in [0.05, 0.1) is 44.7 Å². The Morgan fingerprint density at radius 1 is 1.06 bits per heavy atom. The number of hydrogen-bond acceptors (Lipinski definition) is 6. The topological polar surface area (TPSA) is 68.0 Å². The second kappa shape index (κ2) is 10.5. The number of carbonyl (C=O) groups is 1. The maximum atomic E-state index is 14.0. The van der Waals surface area contributed by atoms with Gasteiger partial charge in [0.2, 0.25) is 0 Å². The first kappa shape index (κ1) is 24.0. The molecular formula is C28H28ClN3O4. The Kier molecular flexibility index (Phi) is 7.00. The quantitative estimate of drug-likeness (QED) is 0.295. The van der Waals surface area contributed by atoms with Crippen LogP contribution in [0.3, 0.4) is 0 Å². The van der Waals surface area contributed by atoms with Gasteiger partial charge in [-0.3, -0.25) is 4.79 Å². The van der Waals surface area contributed by atoms with Gasteiger partial charge in [0, 0.05) is 29.1 Å². The monoisotopic (exact) mass is 505 g/mol. The van der Waals surface area contributed by atoms with Crippen molar-refractivity contribution < 1.29 is 18.7 Å². The van der Waals surface area contributed by atoms with Crippen molar-refractivity contribution >= 4 is 34.2 Å². The first-order valence-corrected chi connectivity index (χ1v) is 12.3. The number of anilines is 1. The molecule has 186 valence electrons. The molecule has 36 heavy (non-hydrogen) atoms. The minimum Gasteiger partial charge on any atom is -0.493 e. The third kappa shape index (κ3) is 4.84. The Balaban J connectivity index is 1.58. The number of para-hydroxylation sites is 1. The van der Waals surface area contributed by atoms with Gasteiger partial charge in [0.15, 0.2) is 11.5 Å². The molecule has 0 atom stereocenters. The smallest absolute Gasteiger partial charge is 0.258 e. The van der Waals surface area contributed by atoms with E-state index >= 15 is 0 Å². The summed E-state index contributed by atoms with van der Waals surface area (Å²) < 4.78 is 16.6. The summed E-state index contributed by atoms with van der Waals surface area (Å²) in [6.45, 7) is 2.51. The molecule has 7 nitrogen and oxygen atoms in total. The third-order valence-electron chi connectivity index (χ3n) is 6.45. The van der Waals surface area contributed by atoms with E-state index in [0.29, 0.717) is 40.9 Å². The van der Waals surface area contributed by atoms with Gasteiger partial charge in [-0.2, -0.15) is 0 Å². The van der Waals surface area contributed by atoms with Crippen LogP contribution < -0.4 is 14.4 Å². The van der Waals surface area contributed by atoms with Crippen LogP contribution in [0.5, 0.6) is 11.5 Å². The Hall–Kier alpha value is -3.71. The normalized spacial score (nSPS) is 13.2. The SMILES string of the molecule is COc1cccc(C(=O)N(Cc2ccco2)Cc2cc3ccc(Cl)cc3nc2N2CCCC2)c1OC. The van der Waals surface area contributed by atoms with Gasteiger partial charge in [-0.25, -0.2) is 4.98 Å². The van der Waals surface area contributed by atoms with Gasteiger partial charge in [-0.1, -0.05) is 23.7 Å². The lowest BCUT2D eigenvalue weighted by molar-refractivity contribution is 0.0713. The van der Waals surface area contributed by atoms with Gasteiger partial charge >= 0.3 is 0 Å². The van der Waals surface area contributed by atoms with E-state index in [4.69, 9.17) is 30.5 Å². The van der Waals surface area contributed by atoms with Crippen LogP contribution in [-0.2, 0) is 13.1 Å². The highest BCUT2D eigenvalue weighted by atomic mass is 35.5. The molecule has 8 heteroatoms. The van der Waals surface area contributed by atoms with Crippen LogP contribution in [-0.4, -0.2) is 43.1 Å². The minimum absolute atomic E-state index is 0.189. The number of aromatic nitrogens is 1. The number of carbonyl (C=O) groups excluding carboxylic acids is 1. The maximum Gasteiger partial charge on any atom is 0.258 e. The molecule has 0 N–H and O–H groups in total. The number of fused-ring (bicyclic) bond motifs is 1. The average molecular weight is 506 g/mol. The number of amides is 1. The molecular weight excluding hydrogens is 478 g/mol. The molecule has 1 aliphatic rings. The number of benzene rings is 2. The highest BCUT2D eigenvalue weighted by Gasteiger charge is 2.26. The van der Waals surface area contributed by atoms with Crippen molar-refractivity contribution in [2.45, 2.75) is 25.9 Å². The van der Waals surface area contributed by atoms with Crippen LogP contribution in [0.15, 0.2) is 65.3 Å². The van der Waals surface area contributed by atoms with Crippen molar-refractivity contribution in [3.8, 4) is 11.5 Å². The predicted molar refractivity (Wildman–Crippen MR) is 140 cm³/mol. The lowest BCUT2D eigenvalue weighted by Crippen LogP contribution is -2.32. The van der Waals surface area contributed by atoms with Gasteiger partial charge in [0.25, 0.3) is 5.91 Å². The molecule has 0 bridgehead atoms. The van der Waals surface area contributed by atoms with Crippen LogP contribution >= 0.6 is 11.6 Å². The molecule has 0 unspecified atom stereocenters. The van der Waals surface area contributed by atoms with Crippen molar-refractivity contribution in [1.29, 1.82) is 0 Å². The van der Waals surface area contributed by atoms with E-state index in [-0.39, 0.29) is 5.91 Å². The Morgan fingerprint density at radius 3 is 2.61 bits per heavy atom. The van der Waals surface area contributed by atoms with Crippen molar-refractivity contribution in [2.75, 3.05) is 32.2 Å². The predicted octanol–water partition coefficient (Wildman–Crippen LogP) is 5.94. The Bertz CT molecular complexity index is 1370. The van der Waals surface area contributed by atoms with E-state index in [0.717, 1.165) is 48.2 Å². The van der Waals surface area contributed by atoms with Crippen molar-refractivity contribution in [3.63, 3.8) is 0 Å². The molecule has 3 heterocycles. The molecule has 0 spiro atoms. The summed E-state index contributed by atoms with van der Waals surface area (Å²) in [7, 11) is 3.09. The van der Waals surface area contributed by atoms with E-state index in [2.05, 4.69) is 11.0 Å². The van der Waals surface area contributed by atoms with Gasteiger partial charge < -0.3 is 23.7 Å². The fraction of sp³-hybridized carbons (Fsp3) is 0.286. The summed E-state index contributed by atoms with van der Waals surface area (Å²) in [6, 6.07) is 16.8. The zero-order valence-corrected chi connectivity index (χ0v) is 21.1. The summed E-state index contributed by atoms with van der Waals surface area (Å²) in [5, 5.41) is 1.62. The molecule has 1 fully saturated rings. The summed E-state index contributed by atoms with van der Waals surface area (Å²) in [6.07, 6.45) is 3.84. The zero-order chi connectivity index (χ0) is 25.1. The van der Waals surface area contributed by atoms with Crippen LogP contribution in [0.25, 0.3) is 10.9 Å². The summed E-state index contributed by atoms with van der Waals surface area (Å²) >= 11 is 6.26. The van der Waals surface area contributed by atoms with Gasteiger partial charge in [-0.05, 0) is 55.3 Å². The van der Waals surface area contributed by atoms with Crippen LogP contribution in [0.1, 0.15) is 34.5 Å². The van der Waals surface area contributed by atoms with E-state index < -0.39 is 0 Å². The lowest BCUT2D eigenvalue weighted by atomic mass is 10.1. The lowest BCUT2D eigenvalue weighted by Gasteiger charge is -2.27.